The van der Waals surface area contributed by atoms with Gasteiger partial charge in [0.05, 0.1) is 12.3 Å². The second-order valence-corrected chi connectivity index (χ2v) is 4.38. The van der Waals surface area contributed by atoms with Crippen LogP contribution >= 0.6 is 0 Å². The van der Waals surface area contributed by atoms with Gasteiger partial charge in [0, 0.05) is 13.7 Å². The van der Waals surface area contributed by atoms with Crippen molar-refractivity contribution in [2.75, 3.05) is 13.7 Å². The summed E-state index contributed by atoms with van der Waals surface area (Å²) in [5.74, 6) is -0.465. The number of carbonyl (C=O) groups excluding carboxylic acids is 1. The summed E-state index contributed by atoms with van der Waals surface area (Å²) in [6.45, 7) is 2.20. The highest BCUT2D eigenvalue weighted by atomic mass is 16.5. The van der Waals surface area contributed by atoms with Crippen LogP contribution in [0, 0.1) is 0 Å². The molecule has 1 aromatic heterocycles. The zero-order chi connectivity index (χ0) is 15.0. The van der Waals surface area contributed by atoms with Gasteiger partial charge >= 0.3 is 12.0 Å². The average molecular weight is 284 g/mol. The van der Waals surface area contributed by atoms with Crippen LogP contribution in [0.2, 0.25) is 0 Å². The number of carboxylic acid groups (broad SMARTS) is 1. The van der Waals surface area contributed by atoms with Crippen molar-refractivity contribution in [2.45, 2.75) is 31.8 Å². The molecule has 0 aromatic carbocycles. The van der Waals surface area contributed by atoms with Crippen LogP contribution in [0.25, 0.3) is 0 Å². The molecular formula is C13H20N2O5. The number of rotatable bonds is 8. The number of nitrogens with one attached hydrogen (secondary N) is 2. The summed E-state index contributed by atoms with van der Waals surface area (Å²) in [5, 5.41) is 14.1. The van der Waals surface area contributed by atoms with E-state index in [0.29, 0.717) is 25.2 Å². The number of carbonyl (C=O) groups is 2. The summed E-state index contributed by atoms with van der Waals surface area (Å²) in [4.78, 5) is 22.8. The first kappa shape index (κ1) is 16.0. The van der Waals surface area contributed by atoms with Crippen molar-refractivity contribution in [1.29, 1.82) is 0 Å². The molecule has 2 unspecified atom stereocenters. The van der Waals surface area contributed by atoms with Gasteiger partial charge in [-0.15, -0.1) is 0 Å². The van der Waals surface area contributed by atoms with Crippen LogP contribution in [0.5, 0.6) is 0 Å². The van der Waals surface area contributed by atoms with Crippen molar-refractivity contribution < 1.29 is 23.8 Å². The Bertz CT molecular complexity index is 418. The minimum absolute atomic E-state index is 0.311. The molecule has 1 aromatic rings. The quantitative estimate of drug-likeness (QED) is 0.628. The van der Waals surface area contributed by atoms with E-state index in [4.69, 9.17) is 14.3 Å². The lowest BCUT2D eigenvalue weighted by atomic mass is 10.1. The van der Waals surface area contributed by atoms with Crippen LogP contribution in [0.15, 0.2) is 22.8 Å². The largest absolute Gasteiger partial charge is 0.480 e. The zero-order valence-corrected chi connectivity index (χ0v) is 11.6. The third kappa shape index (κ3) is 5.31. The van der Waals surface area contributed by atoms with Crippen LogP contribution in [0.1, 0.15) is 31.6 Å². The Morgan fingerprint density at radius 3 is 2.75 bits per heavy atom. The number of amides is 2. The van der Waals surface area contributed by atoms with Gasteiger partial charge in [-0.05, 0) is 31.9 Å². The number of aliphatic carboxylic acids is 1. The molecule has 0 aliphatic rings. The van der Waals surface area contributed by atoms with Crippen LogP contribution in [-0.2, 0) is 9.53 Å². The Kier molecular flexibility index (Phi) is 6.58. The predicted octanol–water partition coefficient (Wildman–Crippen LogP) is 1.52. The molecule has 0 aliphatic carbocycles. The molecule has 20 heavy (non-hydrogen) atoms. The Balaban J connectivity index is 2.43. The minimum atomic E-state index is -1.07. The van der Waals surface area contributed by atoms with Crippen molar-refractivity contribution in [2.24, 2.45) is 0 Å². The molecule has 112 valence electrons. The van der Waals surface area contributed by atoms with Crippen molar-refractivity contribution in [3.05, 3.63) is 24.2 Å². The molecule has 1 heterocycles. The van der Waals surface area contributed by atoms with Gasteiger partial charge in [-0.1, -0.05) is 0 Å². The fraction of sp³-hybridized carbons (Fsp3) is 0.538. The number of hydrogen-bond donors (Lipinski definition) is 3. The number of urea groups is 1. The van der Waals surface area contributed by atoms with Gasteiger partial charge in [0.1, 0.15) is 11.8 Å². The van der Waals surface area contributed by atoms with Gasteiger partial charge in [-0.3, -0.25) is 0 Å². The van der Waals surface area contributed by atoms with E-state index < -0.39 is 18.0 Å². The number of carboxylic acids is 1. The smallest absolute Gasteiger partial charge is 0.326 e. The molecular weight excluding hydrogens is 264 g/mol. The van der Waals surface area contributed by atoms with Crippen molar-refractivity contribution >= 4 is 12.0 Å². The average Bonchev–Trinajstić information content (AvgIpc) is 2.91. The van der Waals surface area contributed by atoms with Gasteiger partial charge < -0.3 is 24.9 Å². The van der Waals surface area contributed by atoms with Crippen molar-refractivity contribution in [3.63, 3.8) is 0 Å². The number of hydrogen-bond acceptors (Lipinski definition) is 4. The van der Waals surface area contributed by atoms with Gasteiger partial charge in [0.25, 0.3) is 0 Å². The van der Waals surface area contributed by atoms with E-state index in [1.807, 2.05) is 0 Å². The van der Waals surface area contributed by atoms with Crippen molar-refractivity contribution in [1.82, 2.24) is 10.6 Å². The maximum absolute atomic E-state index is 11.7. The van der Waals surface area contributed by atoms with E-state index in [-0.39, 0.29) is 6.04 Å². The summed E-state index contributed by atoms with van der Waals surface area (Å²) in [5.41, 5.74) is 0. The molecule has 0 saturated heterocycles. The van der Waals surface area contributed by atoms with E-state index in [0.717, 1.165) is 0 Å². The molecule has 1 rings (SSSR count). The highest BCUT2D eigenvalue weighted by Gasteiger charge is 2.20. The molecule has 0 radical (unpaired) electrons. The fourth-order valence-corrected chi connectivity index (χ4v) is 1.69. The first-order valence-electron chi connectivity index (χ1n) is 6.36. The third-order valence-corrected chi connectivity index (χ3v) is 2.76. The SMILES string of the molecule is COCCCC(NC(=O)NC(C)c1ccco1)C(=O)O. The Labute approximate surface area is 117 Å². The maximum atomic E-state index is 11.7. The van der Waals surface area contributed by atoms with E-state index in [9.17, 15) is 9.59 Å². The van der Waals surface area contributed by atoms with Gasteiger partial charge in [-0.25, -0.2) is 9.59 Å². The molecule has 0 saturated carbocycles. The summed E-state index contributed by atoms with van der Waals surface area (Å²) < 4.78 is 10.0. The lowest BCUT2D eigenvalue weighted by molar-refractivity contribution is -0.139. The van der Waals surface area contributed by atoms with Gasteiger partial charge in [0.15, 0.2) is 0 Å². The summed E-state index contributed by atoms with van der Waals surface area (Å²) >= 11 is 0. The molecule has 0 bridgehead atoms. The highest BCUT2D eigenvalue weighted by molar-refractivity contribution is 5.82. The maximum Gasteiger partial charge on any atom is 0.326 e. The van der Waals surface area contributed by atoms with E-state index in [2.05, 4.69) is 10.6 Å². The molecule has 0 aliphatic heterocycles. The first-order chi connectivity index (χ1) is 9.54. The normalized spacial score (nSPS) is 13.5. The Hall–Kier alpha value is -2.02. The van der Waals surface area contributed by atoms with Crippen LogP contribution in [0.3, 0.4) is 0 Å². The molecule has 3 N–H and O–H groups in total. The summed E-state index contributed by atoms with van der Waals surface area (Å²) in [6, 6.07) is 1.64. The van der Waals surface area contributed by atoms with E-state index >= 15 is 0 Å². The Morgan fingerprint density at radius 1 is 1.45 bits per heavy atom. The number of furan rings is 1. The van der Waals surface area contributed by atoms with Crippen LogP contribution in [0.4, 0.5) is 4.79 Å². The molecule has 2 atom stereocenters. The zero-order valence-electron chi connectivity index (χ0n) is 11.6. The van der Waals surface area contributed by atoms with Crippen LogP contribution < -0.4 is 10.6 Å². The Morgan fingerprint density at radius 2 is 2.20 bits per heavy atom. The highest BCUT2D eigenvalue weighted by Crippen LogP contribution is 2.11. The third-order valence-electron chi connectivity index (χ3n) is 2.76. The van der Waals surface area contributed by atoms with Crippen molar-refractivity contribution in [3.8, 4) is 0 Å². The molecule has 0 fully saturated rings. The summed E-state index contributed by atoms with van der Waals surface area (Å²) in [7, 11) is 1.54. The number of methoxy groups -OCH3 is 1. The second-order valence-electron chi connectivity index (χ2n) is 4.38. The monoisotopic (exact) mass is 284 g/mol. The molecule has 2 amide bonds. The van der Waals surface area contributed by atoms with Crippen LogP contribution in [-0.4, -0.2) is 36.9 Å². The molecule has 7 nitrogen and oxygen atoms in total. The van der Waals surface area contributed by atoms with Gasteiger partial charge in [0.2, 0.25) is 0 Å². The number of ether oxygens (including phenoxy) is 1. The summed E-state index contributed by atoms with van der Waals surface area (Å²) in [6.07, 6.45) is 2.38. The predicted molar refractivity (Wildman–Crippen MR) is 71.3 cm³/mol. The first-order valence-corrected chi connectivity index (χ1v) is 6.36. The lowest BCUT2D eigenvalue weighted by Gasteiger charge is -2.17. The molecule has 7 heteroatoms. The minimum Gasteiger partial charge on any atom is -0.480 e. The van der Waals surface area contributed by atoms with E-state index in [1.54, 1.807) is 26.2 Å². The standard InChI is InChI=1S/C13H20N2O5/c1-9(11-6-4-8-20-11)14-13(18)15-10(12(16)17)5-3-7-19-2/h4,6,8-10H,3,5,7H2,1-2H3,(H,16,17)(H2,14,15,18). The van der Waals surface area contributed by atoms with Gasteiger partial charge in [-0.2, -0.15) is 0 Å². The fourth-order valence-electron chi connectivity index (χ4n) is 1.69. The second kappa shape index (κ2) is 8.21. The topological polar surface area (TPSA) is 101 Å². The lowest BCUT2D eigenvalue weighted by Crippen LogP contribution is -2.46. The molecule has 0 spiro atoms. The van der Waals surface area contributed by atoms with E-state index in [1.165, 1.54) is 6.26 Å².